The first-order chi connectivity index (χ1) is 16.1. The van der Waals surface area contributed by atoms with Crippen molar-refractivity contribution in [2.24, 2.45) is 5.41 Å². The average molecular weight is 514 g/mol. The molecule has 0 saturated heterocycles. The van der Waals surface area contributed by atoms with Crippen LogP contribution >= 0.6 is 11.3 Å². The molecule has 2 aromatic heterocycles. The van der Waals surface area contributed by atoms with Crippen LogP contribution in [0.1, 0.15) is 52.5 Å². The monoisotopic (exact) mass is 513 g/mol. The summed E-state index contributed by atoms with van der Waals surface area (Å²) in [5.41, 5.74) is -2.85. The molecule has 0 saturated carbocycles. The van der Waals surface area contributed by atoms with Gasteiger partial charge in [-0.25, -0.2) is 0 Å². The predicted molar refractivity (Wildman–Crippen MR) is 125 cm³/mol. The first kappa shape index (κ1) is 26.1. The fraction of sp³-hybridized carbons (Fsp3) is 0.409. The molecule has 3 N–H and O–H groups in total. The molecule has 2 heterocycles. The van der Waals surface area contributed by atoms with E-state index in [9.17, 15) is 28.3 Å². The summed E-state index contributed by atoms with van der Waals surface area (Å²) in [6.07, 6.45) is -4.88. The van der Waals surface area contributed by atoms with E-state index in [-0.39, 0.29) is 33.7 Å². The number of aromatic nitrogens is 2. The molecule has 0 aliphatic carbocycles. The van der Waals surface area contributed by atoms with Gasteiger partial charge in [-0.2, -0.15) is 13.2 Å². The van der Waals surface area contributed by atoms with E-state index in [1.807, 2.05) is 39.8 Å². The lowest BCUT2D eigenvalue weighted by Gasteiger charge is -2.28. The normalized spacial score (nSPS) is 12.9. The van der Waals surface area contributed by atoms with Gasteiger partial charge < -0.3 is 25.2 Å². The highest BCUT2D eigenvalue weighted by Gasteiger charge is 2.39. The van der Waals surface area contributed by atoms with E-state index in [1.165, 1.54) is 14.1 Å². The Hall–Kier alpha value is -3.48. The molecule has 0 spiro atoms. The largest absolute Gasteiger partial charge is 0.505 e. The molecule has 0 fully saturated rings. The number of hydrogen-bond acceptors (Lipinski definition) is 8. The number of amides is 1. The van der Waals surface area contributed by atoms with E-state index in [0.29, 0.717) is 6.07 Å². The number of carbonyl (C=O) groups is 1. The highest BCUT2D eigenvalue weighted by Crippen LogP contribution is 2.42. The fourth-order valence-electron chi connectivity index (χ4n) is 3.41. The van der Waals surface area contributed by atoms with Crippen LogP contribution in [-0.4, -0.2) is 35.2 Å². The standard InChI is InChI=1S/C22H26F3N5O4S/c1-11-7-10-14(35-11)17(21(2,3)4)27-19-18(28-34-30(19)33)26-13-9-8-12(22(23,24)25)15(16(13)31)20(32)29(5)6/h7-10,17,27,31H,1-6H3,(H,26,28)/t17-/m0/s1. The van der Waals surface area contributed by atoms with Crippen LogP contribution in [0, 0.1) is 17.5 Å². The topological polar surface area (TPSA) is 118 Å². The number of benzene rings is 1. The number of alkyl halides is 3. The van der Waals surface area contributed by atoms with E-state index in [4.69, 9.17) is 4.63 Å². The first-order valence-electron chi connectivity index (χ1n) is 10.5. The van der Waals surface area contributed by atoms with Crippen LogP contribution in [0.2, 0.25) is 0 Å². The van der Waals surface area contributed by atoms with Crippen molar-refractivity contribution in [2.45, 2.75) is 39.9 Å². The second-order valence-electron chi connectivity index (χ2n) is 9.23. The van der Waals surface area contributed by atoms with Gasteiger partial charge in [0.2, 0.25) is 0 Å². The van der Waals surface area contributed by atoms with Gasteiger partial charge in [0.05, 0.1) is 16.8 Å². The summed E-state index contributed by atoms with van der Waals surface area (Å²) in [5, 5.41) is 32.4. The lowest BCUT2D eigenvalue weighted by Crippen LogP contribution is -2.33. The van der Waals surface area contributed by atoms with Crippen molar-refractivity contribution >= 4 is 34.6 Å². The van der Waals surface area contributed by atoms with Crippen LogP contribution < -0.4 is 15.5 Å². The van der Waals surface area contributed by atoms with E-state index in [2.05, 4.69) is 15.8 Å². The summed E-state index contributed by atoms with van der Waals surface area (Å²) in [7, 11) is 2.53. The molecule has 3 aromatic rings. The molecule has 190 valence electrons. The van der Waals surface area contributed by atoms with Crippen molar-refractivity contribution in [2.75, 3.05) is 24.7 Å². The fourth-order valence-corrected chi connectivity index (χ4v) is 4.58. The van der Waals surface area contributed by atoms with E-state index in [1.54, 1.807) is 11.3 Å². The lowest BCUT2D eigenvalue weighted by molar-refractivity contribution is -0.791. The highest BCUT2D eigenvalue weighted by molar-refractivity contribution is 7.12. The summed E-state index contributed by atoms with van der Waals surface area (Å²) in [4.78, 5) is 15.5. The molecule has 1 atom stereocenters. The summed E-state index contributed by atoms with van der Waals surface area (Å²) in [6.45, 7) is 7.86. The van der Waals surface area contributed by atoms with Crippen molar-refractivity contribution in [3.63, 3.8) is 0 Å². The number of halogens is 3. The van der Waals surface area contributed by atoms with E-state index in [0.717, 1.165) is 20.7 Å². The molecule has 13 heteroatoms. The maximum absolute atomic E-state index is 13.5. The zero-order valence-electron chi connectivity index (χ0n) is 19.9. The minimum atomic E-state index is -4.88. The second kappa shape index (κ2) is 9.29. The molecule has 0 radical (unpaired) electrons. The molecular weight excluding hydrogens is 487 g/mol. The molecule has 9 nitrogen and oxygen atoms in total. The molecule has 1 amide bonds. The Morgan fingerprint density at radius 3 is 2.40 bits per heavy atom. The third-order valence-corrected chi connectivity index (χ3v) is 6.23. The number of anilines is 3. The van der Waals surface area contributed by atoms with Crippen molar-refractivity contribution in [1.82, 2.24) is 10.1 Å². The maximum atomic E-state index is 13.5. The number of carbonyl (C=O) groups excluding carboxylic acids is 1. The molecule has 0 unspecified atom stereocenters. The number of rotatable bonds is 6. The molecule has 1 aromatic carbocycles. The Morgan fingerprint density at radius 2 is 1.89 bits per heavy atom. The molecular formula is C22H26F3N5O4S. The molecule has 35 heavy (non-hydrogen) atoms. The summed E-state index contributed by atoms with van der Waals surface area (Å²) < 4.78 is 45.2. The maximum Gasteiger partial charge on any atom is 0.417 e. The third-order valence-electron chi connectivity index (χ3n) is 5.16. The Morgan fingerprint density at radius 1 is 1.23 bits per heavy atom. The number of nitrogens with one attached hydrogen (secondary N) is 2. The number of phenolic OH excluding ortho intramolecular Hbond substituents is 1. The summed E-state index contributed by atoms with van der Waals surface area (Å²) in [5.74, 6) is -2.31. The highest BCUT2D eigenvalue weighted by atomic mass is 32.1. The van der Waals surface area contributed by atoms with E-state index < -0.39 is 29.0 Å². The van der Waals surface area contributed by atoms with Crippen molar-refractivity contribution in [1.29, 1.82) is 0 Å². The SMILES string of the molecule is Cc1ccc([C@H](Nc2c(Nc3ccc(C(F)(F)F)c(C(=O)N(C)C)c3O)no[n+]2[O-])C(C)(C)C)s1. The first-order valence-corrected chi connectivity index (χ1v) is 11.3. The number of aryl methyl sites for hydroxylation is 1. The van der Waals surface area contributed by atoms with Gasteiger partial charge in [0.1, 0.15) is 6.04 Å². The van der Waals surface area contributed by atoms with Gasteiger partial charge in [0, 0.05) is 29.3 Å². The van der Waals surface area contributed by atoms with Gasteiger partial charge in [0.25, 0.3) is 5.91 Å². The van der Waals surface area contributed by atoms with Crippen LogP contribution in [-0.2, 0) is 6.18 Å². The zero-order chi connectivity index (χ0) is 26.3. The number of nitrogens with zero attached hydrogens (tertiary/aromatic N) is 3. The quantitative estimate of drug-likeness (QED) is 0.312. The number of thiophene rings is 1. The zero-order valence-corrected chi connectivity index (χ0v) is 20.8. The Bertz CT molecular complexity index is 1230. The van der Waals surface area contributed by atoms with Crippen LogP contribution in [0.15, 0.2) is 28.9 Å². The smallest absolute Gasteiger partial charge is 0.417 e. The Balaban J connectivity index is 2.04. The summed E-state index contributed by atoms with van der Waals surface area (Å²) in [6, 6.07) is 5.14. The Kier molecular flexibility index (Phi) is 6.93. The van der Waals surface area contributed by atoms with Gasteiger partial charge in [0.15, 0.2) is 5.75 Å². The van der Waals surface area contributed by atoms with Crippen molar-refractivity contribution in [3.05, 3.63) is 50.4 Å². The van der Waals surface area contributed by atoms with Gasteiger partial charge in [-0.3, -0.25) is 10.1 Å². The second-order valence-corrected chi connectivity index (χ2v) is 10.5. The van der Waals surface area contributed by atoms with Gasteiger partial charge in [-0.1, -0.05) is 25.7 Å². The number of phenols is 1. The number of hydrogen-bond donors (Lipinski definition) is 3. The van der Waals surface area contributed by atoms with Crippen molar-refractivity contribution in [3.8, 4) is 5.75 Å². The van der Waals surface area contributed by atoms with Gasteiger partial charge in [-0.15, -0.1) is 11.3 Å². The molecule has 0 aliphatic rings. The Labute approximate surface area is 203 Å². The van der Waals surface area contributed by atoms with E-state index >= 15 is 0 Å². The third kappa shape index (κ3) is 5.45. The minimum Gasteiger partial charge on any atom is -0.505 e. The summed E-state index contributed by atoms with van der Waals surface area (Å²) >= 11 is 1.54. The molecule has 3 rings (SSSR count). The van der Waals surface area contributed by atoms with Crippen LogP contribution in [0.3, 0.4) is 0 Å². The van der Waals surface area contributed by atoms with Crippen LogP contribution in [0.25, 0.3) is 0 Å². The van der Waals surface area contributed by atoms with Crippen LogP contribution in [0.5, 0.6) is 5.75 Å². The molecule has 0 aliphatic heterocycles. The number of aromatic hydroxyl groups is 1. The van der Waals surface area contributed by atoms with Crippen LogP contribution in [0.4, 0.5) is 30.5 Å². The lowest BCUT2D eigenvalue weighted by atomic mass is 9.86. The predicted octanol–water partition coefficient (Wildman–Crippen LogP) is 5.05. The minimum absolute atomic E-state index is 0.120. The van der Waals surface area contributed by atoms with Gasteiger partial charge >= 0.3 is 17.8 Å². The van der Waals surface area contributed by atoms with Gasteiger partial charge in [-0.05, 0) is 36.3 Å². The molecule has 0 bridgehead atoms. The average Bonchev–Trinajstić information content (AvgIpc) is 3.30. The van der Waals surface area contributed by atoms with Crippen molar-refractivity contribution < 1.29 is 32.6 Å².